The van der Waals surface area contributed by atoms with E-state index in [1.165, 1.54) is 25.7 Å². The lowest BCUT2D eigenvalue weighted by Gasteiger charge is -2.40. The van der Waals surface area contributed by atoms with E-state index in [9.17, 15) is 4.79 Å². The summed E-state index contributed by atoms with van der Waals surface area (Å²) in [6.45, 7) is 4.25. The Balaban J connectivity index is 1.24. The number of piperazine rings is 1. The Morgan fingerprint density at radius 3 is 2.70 bits per heavy atom. The number of rotatable bonds is 3. The fraction of sp³-hybridized carbons (Fsp3) is 0.765. The summed E-state index contributed by atoms with van der Waals surface area (Å²) in [6, 6.07) is 0.840. The van der Waals surface area contributed by atoms with Crippen LogP contribution in [0, 0.1) is 11.8 Å². The largest absolute Gasteiger partial charge is 0.337 e. The van der Waals surface area contributed by atoms with Crippen LogP contribution in [0.5, 0.6) is 0 Å². The molecule has 6 heteroatoms. The second-order valence-electron chi connectivity index (χ2n) is 7.38. The number of hydrogen-bond acceptors (Lipinski definition) is 3. The molecule has 0 radical (unpaired) electrons. The fourth-order valence-electron chi connectivity index (χ4n) is 4.75. The van der Waals surface area contributed by atoms with Crippen molar-refractivity contribution in [3.63, 3.8) is 0 Å². The number of aromatic nitrogens is 2. The Hall–Kier alpha value is -1.56. The van der Waals surface area contributed by atoms with Gasteiger partial charge in [-0.15, -0.1) is 0 Å². The molecule has 2 aliphatic carbocycles. The molecule has 2 saturated carbocycles. The van der Waals surface area contributed by atoms with E-state index in [4.69, 9.17) is 0 Å². The molecule has 6 nitrogen and oxygen atoms in total. The number of aryl methyl sites for hydroxylation is 1. The summed E-state index contributed by atoms with van der Waals surface area (Å²) < 4.78 is 1.94. The fourth-order valence-corrected chi connectivity index (χ4v) is 4.75. The molecule has 2 amide bonds. The molecular formula is C17H27N5O. The van der Waals surface area contributed by atoms with Crippen LogP contribution in [-0.4, -0.2) is 57.6 Å². The van der Waals surface area contributed by atoms with Gasteiger partial charge in [-0.05, 0) is 31.1 Å². The minimum absolute atomic E-state index is 0.0422. The lowest BCUT2D eigenvalue weighted by molar-refractivity contribution is 0.0826. The highest BCUT2D eigenvalue weighted by molar-refractivity contribution is 5.74. The molecule has 1 aliphatic heterocycles. The van der Waals surface area contributed by atoms with Crippen LogP contribution in [0.25, 0.3) is 0 Å². The van der Waals surface area contributed by atoms with Crippen molar-refractivity contribution in [1.29, 1.82) is 0 Å². The minimum Gasteiger partial charge on any atom is -0.337 e. The summed E-state index contributed by atoms with van der Waals surface area (Å²) in [7, 11) is 1.95. The van der Waals surface area contributed by atoms with Crippen LogP contribution in [0.15, 0.2) is 12.4 Å². The summed E-state index contributed by atoms with van der Waals surface area (Å²) in [6.07, 6.45) is 9.40. The molecule has 0 spiro atoms. The van der Waals surface area contributed by atoms with Crippen molar-refractivity contribution in [3.8, 4) is 0 Å². The van der Waals surface area contributed by atoms with E-state index in [-0.39, 0.29) is 6.03 Å². The minimum atomic E-state index is 0.0422. The highest BCUT2D eigenvalue weighted by atomic mass is 16.2. The van der Waals surface area contributed by atoms with Crippen LogP contribution in [-0.2, 0) is 13.6 Å². The van der Waals surface area contributed by atoms with Gasteiger partial charge in [-0.3, -0.25) is 4.90 Å². The third-order valence-electron chi connectivity index (χ3n) is 6.09. The topological polar surface area (TPSA) is 53.4 Å². The van der Waals surface area contributed by atoms with Crippen molar-refractivity contribution in [2.45, 2.75) is 38.3 Å². The first-order chi connectivity index (χ1) is 11.2. The molecule has 4 rings (SSSR count). The maximum absolute atomic E-state index is 12.3. The lowest BCUT2D eigenvalue weighted by atomic mass is 9.93. The monoisotopic (exact) mass is 317 g/mol. The molecule has 126 valence electrons. The predicted octanol–water partition coefficient (Wildman–Crippen LogP) is 1.44. The average molecular weight is 317 g/mol. The maximum atomic E-state index is 12.3. The number of carbonyl (C=O) groups is 1. The number of imidazole rings is 1. The van der Waals surface area contributed by atoms with Gasteiger partial charge in [0.25, 0.3) is 0 Å². The van der Waals surface area contributed by atoms with E-state index in [0.29, 0.717) is 6.54 Å². The summed E-state index contributed by atoms with van der Waals surface area (Å²) >= 11 is 0. The molecule has 0 unspecified atom stereocenters. The normalized spacial score (nSPS) is 30.8. The van der Waals surface area contributed by atoms with Crippen molar-refractivity contribution >= 4 is 6.03 Å². The quantitative estimate of drug-likeness (QED) is 0.918. The third kappa shape index (κ3) is 2.96. The second-order valence-corrected chi connectivity index (χ2v) is 7.38. The van der Waals surface area contributed by atoms with Crippen molar-refractivity contribution in [2.75, 3.05) is 26.2 Å². The van der Waals surface area contributed by atoms with Gasteiger partial charge in [0.1, 0.15) is 5.82 Å². The van der Waals surface area contributed by atoms with Crippen LogP contribution in [0.3, 0.4) is 0 Å². The molecule has 1 saturated heterocycles. The predicted molar refractivity (Wildman–Crippen MR) is 87.8 cm³/mol. The third-order valence-corrected chi connectivity index (χ3v) is 6.09. The van der Waals surface area contributed by atoms with Crippen molar-refractivity contribution in [3.05, 3.63) is 18.2 Å². The van der Waals surface area contributed by atoms with Gasteiger partial charge >= 0.3 is 6.03 Å². The number of carbonyl (C=O) groups excluding carboxylic acids is 1. The van der Waals surface area contributed by atoms with Gasteiger partial charge in [-0.2, -0.15) is 0 Å². The first-order valence-electron chi connectivity index (χ1n) is 8.93. The molecule has 1 aromatic heterocycles. The van der Waals surface area contributed by atoms with E-state index in [2.05, 4.69) is 15.2 Å². The maximum Gasteiger partial charge on any atom is 0.317 e. The Morgan fingerprint density at radius 1 is 1.26 bits per heavy atom. The summed E-state index contributed by atoms with van der Waals surface area (Å²) in [5.74, 6) is 2.81. The van der Waals surface area contributed by atoms with E-state index in [1.807, 2.05) is 22.7 Å². The van der Waals surface area contributed by atoms with Gasteiger partial charge < -0.3 is 14.8 Å². The van der Waals surface area contributed by atoms with Gasteiger partial charge in [0.05, 0.1) is 6.54 Å². The van der Waals surface area contributed by atoms with Gasteiger partial charge in [0.15, 0.2) is 0 Å². The Labute approximate surface area is 137 Å². The van der Waals surface area contributed by atoms with E-state index < -0.39 is 0 Å². The number of fused-ring (bicyclic) bond motifs is 2. The van der Waals surface area contributed by atoms with Crippen molar-refractivity contribution in [1.82, 2.24) is 24.7 Å². The Kier molecular flexibility index (Phi) is 4.01. The van der Waals surface area contributed by atoms with Crippen LogP contribution < -0.4 is 5.32 Å². The van der Waals surface area contributed by atoms with E-state index in [1.54, 1.807) is 6.20 Å². The number of nitrogens with one attached hydrogen (secondary N) is 1. The second kappa shape index (κ2) is 6.15. The van der Waals surface area contributed by atoms with Crippen LogP contribution in [0.2, 0.25) is 0 Å². The highest BCUT2D eigenvalue weighted by Crippen LogP contribution is 2.46. The molecule has 3 atom stereocenters. The Morgan fingerprint density at radius 2 is 2.09 bits per heavy atom. The zero-order valence-electron chi connectivity index (χ0n) is 13.9. The first kappa shape index (κ1) is 15.0. The zero-order valence-corrected chi connectivity index (χ0v) is 13.9. The molecule has 2 heterocycles. The zero-order chi connectivity index (χ0) is 15.8. The van der Waals surface area contributed by atoms with Gasteiger partial charge in [0.2, 0.25) is 0 Å². The SMILES string of the molecule is Cn1ccnc1CNC(=O)N1CCN([C@@H]2C[C@H]3CC[C@H]2C3)CC1. The van der Waals surface area contributed by atoms with Crippen molar-refractivity contribution < 1.29 is 4.79 Å². The van der Waals surface area contributed by atoms with E-state index in [0.717, 1.165) is 49.9 Å². The van der Waals surface area contributed by atoms with Crippen LogP contribution >= 0.6 is 0 Å². The number of nitrogens with zero attached hydrogens (tertiary/aromatic N) is 4. The summed E-state index contributed by atoms with van der Waals surface area (Å²) in [5.41, 5.74) is 0. The number of amides is 2. The van der Waals surface area contributed by atoms with Crippen LogP contribution in [0.4, 0.5) is 4.79 Å². The van der Waals surface area contributed by atoms with Gasteiger partial charge in [0, 0.05) is 51.7 Å². The molecule has 2 bridgehead atoms. The summed E-state index contributed by atoms with van der Waals surface area (Å²) in [4.78, 5) is 21.2. The molecule has 1 aromatic rings. The van der Waals surface area contributed by atoms with Crippen LogP contribution in [0.1, 0.15) is 31.5 Å². The van der Waals surface area contributed by atoms with Crippen molar-refractivity contribution in [2.24, 2.45) is 18.9 Å². The Bertz CT molecular complexity index is 563. The molecule has 3 fully saturated rings. The first-order valence-corrected chi connectivity index (χ1v) is 8.93. The molecule has 0 aromatic carbocycles. The smallest absolute Gasteiger partial charge is 0.317 e. The number of hydrogen-bond donors (Lipinski definition) is 1. The molecule has 1 N–H and O–H groups in total. The molecular weight excluding hydrogens is 290 g/mol. The molecule has 3 aliphatic rings. The van der Waals surface area contributed by atoms with Gasteiger partial charge in [-0.1, -0.05) is 6.42 Å². The van der Waals surface area contributed by atoms with Gasteiger partial charge in [-0.25, -0.2) is 9.78 Å². The number of urea groups is 1. The molecule has 23 heavy (non-hydrogen) atoms. The lowest BCUT2D eigenvalue weighted by Crippen LogP contribution is -2.55. The van der Waals surface area contributed by atoms with E-state index >= 15 is 0 Å². The average Bonchev–Trinajstić information content (AvgIpc) is 3.30. The standard InChI is InChI=1S/C17H27N5O/c1-20-5-4-18-16(20)12-19-17(23)22-8-6-21(7-9-22)15-11-13-2-3-14(15)10-13/h4-5,13-15H,2-3,6-12H2,1H3,(H,19,23)/t13-,14-,15+/m0/s1. The highest BCUT2D eigenvalue weighted by Gasteiger charge is 2.42. The summed E-state index contributed by atoms with van der Waals surface area (Å²) in [5, 5.41) is 2.99.